The van der Waals surface area contributed by atoms with E-state index >= 15 is 0 Å². The van der Waals surface area contributed by atoms with Crippen molar-refractivity contribution < 1.29 is 0 Å². The van der Waals surface area contributed by atoms with Crippen molar-refractivity contribution in [3.63, 3.8) is 0 Å². The smallest absolute Gasteiger partial charge is 0.313 e. The van der Waals surface area contributed by atoms with Crippen LogP contribution in [0.4, 0.5) is 0 Å². The molecule has 1 saturated heterocycles. The molecule has 2 fully saturated rings. The Labute approximate surface area is 101 Å². The van der Waals surface area contributed by atoms with Crippen LogP contribution in [-0.2, 0) is 6.54 Å². The second kappa shape index (κ2) is 3.98. The van der Waals surface area contributed by atoms with Gasteiger partial charge in [-0.1, -0.05) is 13.8 Å². The van der Waals surface area contributed by atoms with Crippen LogP contribution in [0.2, 0.25) is 0 Å². The Morgan fingerprint density at radius 2 is 2.12 bits per heavy atom. The Morgan fingerprint density at radius 1 is 1.41 bits per heavy atom. The summed E-state index contributed by atoms with van der Waals surface area (Å²) in [5, 5.41) is 7.75. The van der Waals surface area contributed by atoms with Gasteiger partial charge in [0.25, 0.3) is 0 Å². The Morgan fingerprint density at radius 3 is 2.59 bits per heavy atom. The molecule has 0 unspecified atom stereocenters. The number of nitrogens with one attached hydrogen (secondary N) is 1. The summed E-state index contributed by atoms with van der Waals surface area (Å²) >= 11 is 0. The quantitative estimate of drug-likeness (QED) is 0.838. The minimum atomic E-state index is 0.0899. The van der Waals surface area contributed by atoms with Crippen LogP contribution < -0.4 is 11.0 Å². The van der Waals surface area contributed by atoms with E-state index in [1.165, 1.54) is 12.8 Å². The third kappa shape index (κ3) is 1.92. The minimum absolute atomic E-state index is 0.0899. The van der Waals surface area contributed by atoms with Gasteiger partial charge in [0, 0.05) is 25.6 Å². The van der Waals surface area contributed by atoms with Crippen LogP contribution in [-0.4, -0.2) is 27.4 Å². The first-order valence-corrected chi connectivity index (χ1v) is 6.56. The molecule has 1 aromatic rings. The summed E-state index contributed by atoms with van der Waals surface area (Å²) in [6, 6.07) is 0.313. The fourth-order valence-electron chi connectivity index (χ4n) is 2.29. The Bertz CT molecular complexity index is 465. The highest BCUT2D eigenvalue weighted by Crippen LogP contribution is 2.30. The van der Waals surface area contributed by atoms with E-state index in [4.69, 9.17) is 0 Å². The van der Waals surface area contributed by atoms with Crippen molar-refractivity contribution in [1.29, 1.82) is 0 Å². The van der Waals surface area contributed by atoms with Gasteiger partial charge in [-0.3, -0.25) is 4.57 Å². The lowest BCUT2D eigenvalue weighted by Gasteiger charge is -2.29. The monoisotopic (exact) mass is 236 g/mol. The lowest BCUT2D eigenvalue weighted by atomic mass is 10.1. The number of aromatic nitrogens is 3. The van der Waals surface area contributed by atoms with E-state index in [2.05, 4.69) is 24.3 Å². The van der Waals surface area contributed by atoms with Gasteiger partial charge in [-0.15, -0.1) is 0 Å². The highest BCUT2D eigenvalue weighted by Gasteiger charge is 2.29. The Kier molecular flexibility index (Phi) is 2.58. The zero-order valence-corrected chi connectivity index (χ0v) is 10.5. The van der Waals surface area contributed by atoms with Gasteiger partial charge >= 0.3 is 5.69 Å². The van der Waals surface area contributed by atoms with Crippen molar-refractivity contribution in [2.45, 2.75) is 45.2 Å². The summed E-state index contributed by atoms with van der Waals surface area (Å²) in [7, 11) is 0. The van der Waals surface area contributed by atoms with Crippen LogP contribution in [0.25, 0.3) is 0 Å². The lowest BCUT2D eigenvalue weighted by molar-refractivity contribution is 0.323. The van der Waals surface area contributed by atoms with Crippen molar-refractivity contribution in [3.05, 3.63) is 16.3 Å². The molecule has 1 aliphatic heterocycles. The lowest BCUT2D eigenvalue weighted by Crippen LogP contribution is -2.47. The molecular formula is C12H20N4O. The van der Waals surface area contributed by atoms with Gasteiger partial charge in [0.1, 0.15) is 5.82 Å². The van der Waals surface area contributed by atoms with Gasteiger partial charge in [0.2, 0.25) is 0 Å². The molecule has 1 N–H and O–H groups in total. The zero-order valence-electron chi connectivity index (χ0n) is 10.5. The van der Waals surface area contributed by atoms with Crippen molar-refractivity contribution >= 4 is 0 Å². The molecule has 94 valence electrons. The third-order valence-corrected chi connectivity index (χ3v) is 3.67. The van der Waals surface area contributed by atoms with Gasteiger partial charge < -0.3 is 5.32 Å². The molecule has 0 radical (unpaired) electrons. The van der Waals surface area contributed by atoms with Crippen molar-refractivity contribution in [3.8, 4) is 0 Å². The maximum absolute atomic E-state index is 12.3. The number of rotatable bonds is 4. The molecule has 1 aromatic heterocycles. The van der Waals surface area contributed by atoms with Crippen LogP contribution in [0.15, 0.2) is 4.79 Å². The van der Waals surface area contributed by atoms with Crippen LogP contribution in [0, 0.1) is 5.92 Å². The summed E-state index contributed by atoms with van der Waals surface area (Å²) in [5.41, 5.74) is 0.0899. The summed E-state index contributed by atoms with van der Waals surface area (Å²) in [5.74, 6) is 1.95. The fourth-order valence-corrected chi connectivity index (χ4v) is 2.29. The molecule has 3 rings (SSSR count). The average molecular weight is 236 g/mol. The first-order valence-electron chi connectivity index (χ1n) is 6.56. The predicted octanol–water partition coefficient (Wildman–Crippen LogP) is 0.722. The average Bonchev–Trinajstić information content (AvgIpc) is 2.95. The molecule has 0 aromatic carbocycles. The molecule has 0 spiro atoms. The number of nitrogens with zero attached hydrogens (tertiary/aromatic N) is 3. The fraction of sp³-hybridized carbons (Fsp3) is 0.833. The molecule has 0 atom stereocenters. The van der Waals surface area contributed by atoms with Gasteiger partial charge in [-0.25, -0.2) is 9.48 Å². The predicted molar refractivity (Wildman–Crippen MR) is 65.2 cm³/mol. The van der Waals surface area contributed by atoms with E-state index in [0.717, 1.165) is 25.5 Å². The van der Waals surface area contributed by atoms with Crippen LogP contribution in [0.1, 0.15) is 44.5 Å². The van der Waals surface area contributed by atoms with Crippen molar-refractivity contribution in [2.75, 3.05) is 13.1 Å². The van der Waals surface area contributed by atoms with E-state index in [1.807, 2.05) is 4.57 Å². The molecule has 1 aliphatic carbocycles. The third-order valence-electron chi connectivity index (χ3n) is 3.67. The topological polar surface area (TPSA) is 51.9 Å². The normalized spacial score (nSPS) is 20.9. The van der Waals surface area contributed by atoms with Crippen molar-refractivity contribution in [2.24, 2.45) is 5.92 Å². The highest BCUT2D eigenvalue weighted by atomic mass is 16.2. The molecule has 1 saturated carbocycles. The summed E-state index contributed by atoms with van der Waals surface area (Å²) in [6.07, 6.45) is 2.50. The van der Waals surface area contributed by atoms with E-state index in [-0.39, 0.29) is 5.69 Å². The first kappa shape index (κ1) is 11.0. The first-order chi connectivity index (χ1) is 8.16. The standard InChI is InChI=1S/C12H20N4O/c1-8(2)11-14-15(7-9-3-4-9)12(17)16(11)10-5-13-6-10/h8-10,13H,3-7H2,1-2H3. The van der Waals surface area contributed by atoms with Gasteiger partial charge in [-0.2, -0.15) is 5.10 Å². The Balaban J connectivity index is 1.97. The largest absolute Gasteiger partial charge is 0.346 e. The molecule has 2 aliphatic rings. The number of hydrogen-bond donors (Lipinski definition) is 1. The molecule has 2 heterocycles. The SMILES string of the molecule is CC(C)c1nn(CC2CC2)c(=O)n1C1CNC1. The summed E-state index contributed by atoms with van der Waals surface area (Å²) in [4.78, 5) is 12.3. The van der Waals surface area contributed by atoms with E-state index in [0.29, 0.717) is 17.9 Å². The molecule has 0 bridgehead atoms. The van der Waals surface area contributed by atoms with Gasteiger partial charge in [0.15, 0.2) is 0 Å². The van der Waals surface area contributed by atoms with Gasteiger partial charge in [-0.05, 0) is 18.8 Å². The van der Waals surface area contributed by atoms with Crippen LogP contribution in [0.5, 0.6) is 0 Å². The summed E-state index contributed by atoms with van der Waals surface area (Å²) in [6.45, 7) is 6.81. The van der Waals surface area contributed by atoms with Crippen molar-refractivity contribution in [1.82, 2.24) is 19.7 Å². The second-order valence-corrected chi connectivity index (χ2v) is 5.60. The Hall–Kier alpha value is -1.10. The van der Waals surface area contributed by atoms with Crippen LogP contribution in [0.3, 0.4) is 0 Å². The number of hydrogen-bond acceptors (Lipinski definition) is 3. The van der Waals surface area contributed by atoms with Gasteiger partial charge in [0.05, 0.1) is 6.04 Å². The molecule has 5 heteroatoms. The maximum atomic E-state index is 12.3. The zero-order chi connectivity index (χ0) is 12.0. The highest BCUT2D eigenvalue weighted by molar-refractivity contribution is 5.00. The minimum Gasteiger partial charge on any atom is -0.313 e. The summed E-state index contributed by atoms with van der Waals surface area (Å²) < 4.78 is 3.59. The van der Waals surface area contributed by atoms with E-state index in [9.17, 15) is 4.79 Å². The van der Waals surface area contributed by atoms with E-state index < -0.39 is 0 Å². The second-order valence-electron chi connectivity index (χ2n) is 5.60. The van der Waals surface area contributed by atoms with Crippen LogP contribution >= 0.6 is 0 Å². The molecule has 0 amide bonds. The molecular weight excluding hydrogens is 216 g/mol. The van der Waals surface area contributed by atoms with E-state index in [1.54, 1.807) is 4.68 Å². The molecule has 17 heavy (non-hydrogen) atoms. The maximum Gasteiger partial charge on any atom is 0.346 e. The molecule has 5 nitrogen and oxygen atoms in total.